The highest BCUT2D eigenvalue weighted by Gasteiger charge is 2.34. The summed E-state index contributed by atoms with van der Waals surface area (Å²) >= 11 is 3.12. The molecule has 25 heavy (non-hydrogen) atoms. The van der Waals surface area contributed by atoms with Gasteiger partial charge in [-0.25, -0.2) is 9.37 Å². The Bertz CT molecular complexity index is 764. The Hall–Kier alpha value is -1.93. The van der Waals surface area contributed by atoms with Gasteiger partial charge in [0.1, 0.15) is 11.9 Å². The van der Waals surface area contributed by atoms with Crippen LogP contribution in [0.15, 0.2) is 29.6 Å². The van der Waals surface area contributed by atoms with Crippen LogP contribution in [0.4, 0.5) is 4.39 Å². The van der Waals surface area contributed by atoms with Crippen molar-refractivity contribution < 1.29 is 14.0 Å². The molecular formula is C17H18FN3O2S2. The molecule has 0 aliphatic carbocycles. The minimum absolute atomic E-state index is 0.160. The van der Waals surface area contributed by atoms with Gasteiger partial charge >= 0.3 is 0 Å². The molecule has 2 heterocycles. The second-order valence-corrected chi connectivity index (χ2v) is 7.76. The average molecular weight is 379 g/mol. The first kappa shape index (κ1) is 17.9. The molecule has 0 spiro atoms. The Morgan fingerprint density at radius 3 is 2.80 bits per heavy atom. The number of halogens is 1. The fourth-order valence-corrected chi connectivity index (χ4v) is 4.37. The molecular weight excluding hydrogens is 361 g/mol. The van der Waals surface area contributed by atoms with E-state index in [9.17, 15) is 14.0 Å². The van der Waals surface area contributed by atoms with Gasteiger partial charge in [-0.3, -0.25) is 9.59 Å². The van der Waals surface area contributed by atoms with Crippen LogP contribution in [-0.2, 0) is 11.2 Å². The summed E-state index contributed by atoms with van der Waals surface area (Å²) in [5.74, 6) is 0.223. The SMILES string of the molecule is Cc1nc(CCNC(=O)[C@H]2CSCN2C(=O)c2ccc(F)cc2)cs1. The average Bonchev–Trinajstić information content (AvgIpc) is 3.24. The van der Waals surface area contributed by atoms with Gasteiger partial charge in [0.2, 0.25) is 5.91 Å². The molecule has 5 nitrogen and oxygen atoms in total. The van der Waals surface area contributed by atoms with Crippen LogP contribution in [0.2, 0.25) is 0 Å². The van der Waals surface area contributed by atoms with Crippen LogP contribution in [0, 0.1) is 12.7 Å². The van der Waals surface area contributed by atoms with E-state index in [0.29, 0.717) is 30.2 Å². The van der Waals surface area contributed by atoms with E-state index < -0.39 is 6.04 Å². The normalized spacial score (nSPS) is 16.9. The predicted octanol–water partition coefficient (Wildman–Crippen LogP) is 2.46. The standard InChI is InChI=1S/C17H18FN3O2S2/c1-11-20-14(8-25-11)6-7-19-16(22)15-9-24-10-21(15)17(23)12-2-4-13(18)5-3-12/h2-5,8,15H,6-7,9-10H2,1H3,(H,19,22)/t15-/m1/s1. The molecule has 0 saturated carbocycles. The van der Waals surface area contributed by atoms with Crippen molar-refractivity contribution in [3.63, 3.8) is 0 Å². The highest BCUT2D eigenvalue weighted by Crippen LogP contribution is 2.23. The van der Waals surface area contributed by atoms with Gasteiger partial charge in [0, 0.05) is 29.7 Å². The van der Waals surface area contributed by atoms with Crippen LogP contribution in [0.25, 0.3) is 0 Å². The van der Waals surface area contributed by atoms with E-state index in [1.165, 1.54) is 36.0 Å². The molecule has 0 unspecified atom stereocenters. The fraction of sp³-hybridized carbons (Fsp3) is 0.353. The summed E-state index contributed by atoms with van der Waals surface area (Å²) in [6.45, 7) is 2.43. The Labute approximate surface area is 153 Å². The van der Waals surface area contributed by atoms with Crippen molar-refractivity contribution in [2.45, 2.75) is 19.4 Å². The zero-order chi connectivity index (χ0) is 17.8. The largest absolute Gasteiger partial charge is 0.354 e. The molecule has 0 radical (unpaired) electrons. The van der Waals surface area contributed by atoms with Gasteiger partial charge in [0.05, 0.1) is 16.6 Å². The number of aryl methyl sites for hydroxylation is 1. The number of carbonyl (C=O) groups is 2. The van der Waals surface area contributed by atoms with Crippen molar-refractivity contribution in [2.75, 3.05) is 18.2 Å². The van der Waals surface area contributed by atoms with Gasteiger partial charge in [-0.1, -0.05) is 0 Å². The van der Waals surface area contributed by atoms with E-state index in [0.717, 1.165) is 10.7 Å². The number of rotatable bonds is 5. The molecule has 2 aromatic rings. The molecule has 2 amide bonds. The van der Waals surface area contributed by atoms with Crippen molar-refractivity contribution in [3.8, 4) is 0 Å². The third kappa shape index (κ3) is 4.38. The molecule has 1 aromatic carbocycles. The molecule has 1 aliphatic rings. The van der Waals surface area contributed by atoms with Crippen molar-refractivity contribution >= 4 is 34.9 Å². The predicted molar refractivity (Wildman–Crippen MR) is 97.2 cm³/mol. The number of nitrogens with zero attached hydrogens (tertiary/aromatic N) is 2. The van der Waals surface area contributed by atoms with Crippen LogP contribution in [0.5, 0.6) is 0 Å². The lowest BCUT2D eigenvalue weighted by molar-refractivity contribution is -0.124. The number of thiazole rings is 1. The Morgan fingerprint density at radius 1 is 1.36 bits per heavy atom. The maximum Gasteiger partial charge on any atom is 0.255 e. The number of nitrogens with one attached hydrogen (secondary N) is 1. The minimum atomic E-state index is -0.500. The molecule has 0 bridgehead atoms. The van der Waals surface area contributed by atoms with Crippen LogP contribution in [0.1, 0.15) is 21.1 Å². The maximum absolute atomic E-state index is 13.0. The lowest BCUT2D eigenvalue weighted by Gasteiger charge is -2.23. The summed E-state index contributed by atoms with van der Waals surface area (Å²) in [6.07, 6.45) is 0.669. The van der Waals surface area contributed by atoms with Gasteiger partial charge in [0.25, 0.3) is 5.91 Å². The topological polar surface area (TPSA) is 62.3 Å². The van der Waals surface area contributed by atoms with Gasteiger partial charge in [-0.05, 0) is 31.2 Å². The molecule has 132 valence electrons. The number of hydrogen-bond acceptors (Lipinski definition) is 5. The lowest BCUT2D eigenvalue weighted by Crippen LogP contribution is -2.47. The van der Waals surface area contributed by atoms with Crippen molar-refractivity contribution in [3.05, 3.63) is 51.7 Å². The van der Waals surface area contributed by atoms with Crippen molar-refractivity contribution in [2.24, 2.45) is 0 Å². The highest BCUT2D eigenvalue weighted by molar-refractivity contribution is 7.99. The van der Waals surface area contributed by atoms with E-state index in [1.807, 2.05) is 12.3 Å². The van der Waals surface area contributed by atoms with Gasteiger partial charge < -0.3 is 10.2 Å². The van der Waals surface area contributed by atoms with Crippen LogP contribution in [-0.4, -0.2) is 45.9 Å². The van der Waals surface area contributed by atoms with E-state index in [4.69, 9.17) is 0 Å². The van der Waals surface area contributed by atoms with Crippen molar-refractivity contribution in [1.82, 2.24) is 15.2 Å². The summed E-state index contributed by atoms with van der Waals surface area (Å²) in [5.41, 5.74) is 1.35. The number of thioether (sulfide) groups is 1. The third-order valence-electron chi connectivity index (χ3n) is 3.88. The summed E-state index contributed by atoms with van der Waals surface area (Å²) in [7, 11) is 0. The third-order valence-corrected chi connectivity index (χ3v) is 5.72. The Morgan fingerprint density at radius 2 is 2.12 bits per heavy atom. The minimum Gasteiger partial charge on any atom is -0.354 e. The zero-order valence-corrected chi connectivity index (χ0v) is 15.3. The summed E-state index contributed by atoms with van der Waals surface area (Å²) in [5, 5.41) is 5.87. The summed E-state index contributed by atoms with van der Waals surface area (Å²) in [4.78, 5) is 30.9. The summed E-state index contributed by atoms with van der Waals surface area (Å²) in [6, 6.07) is 4.89. The Balaban J connectivity index is 1.57. The molecule has 8 heteroatoms. The first-order valence-corrected chi connectivity index (χ1v) is 9.91. The molecule has 1 atom stereocenters. The van der Waals surface area contributed by atoms with Gasteiger partial charge in [-0.15, -0.1) is 23.1 Å². The number of aromatic nitrogens is 1. The number of benzene rings is 1. The Kier molecular flexibility index (Phi) is 5.70. The molecule has 3 rings (SSSR count). The zero-order valence-electron chi connectivity index (χ0n) is 13.7. The summed E-state index contributed by atoms with van der Waals surface area (Å²) < 4.78 is 13.0. The quantitative estimate of drug-likeness (QED) is 0.867. The van der Waals surface area contributed by atoms with E-state index in [2.05, 4.69) is 10.3 Å². The number of hydrogen-bond donors (Lipinski definition) is 1. The maximum atomic E-state index is 13.0. The lowest BCUT2D eigenvalue weighted by atomic mass is 10.1. The van der Waals surface area contributed by atoms with E-state index in [1.54, 1.807) is 16.2 Å². The molecule has 1 fully saturated rings. The molecule has 1 N–H and O–H groups in total. The number of carbonyl (C=O) groups excluding carboxylic acids is 2. The molecule has 1 aliphatic heterocycles. The van der Waals surface area contributed by atoms with Gasteiger partial charge in [-0.2, -0.15) is 0 Å². The van der Waals surface area contributed by atoms with E-state index >= 15 is 0 Å². The van der Waals surface area contributed by atoms with Crippen LogP contribution in [0.3, 0.4) is 0 Å². The van der Waals surface area contributed by atoms with Crippen LogP contribution < -0.4 is 5.32 Å². The van der Waals surface area contributed by atoms with Crippen molar-refractivity contribution in [1.29, 1.82) is 0 Å². The first-order valence-electron chi connectivity index (χ1n) is 7.87. The second-order valence-electron chi connectivity index (χ2n) is 5.70. The number of amides is 2. The first-order chi connectivity index (χ1) is 12.0. The highest BCUT2D eigenvalue weighted by atomic mass is 32.2. The van der Waals surface area contributed by atoms with Crippen LogP contribution >= 0.6 is 23.1 Å². The molecule has 1 aromatic heterocycles. The molecule has 1 saturated heterocycles. The monoisotopic (exact) mass is 379 g/mol. The fourth-order valence-electron chi connectivity index (χ4n) is 2.57. The van der Waals surface area contributed by atoms with E-state index in [-0.39, 0.29) is 17.6 Å². The second kappa shape index (κ2) is 7.97. The van der Waals surface area contributed by atoms with Gasteiger partial charge in [0.15, 0.2) is 0 Å². The smallest absolute Gasteiger partial charge is 0.255 e.